The van der Waals surface area contributed by atoms with Crippen LogP contribution in [0, 0.1) is 10.8 Å². The van der Waals surface area contributed by atoms with Gasteiger partial charge in [-0.2, -0.15) is 18.3 Å². The van der Waals surface area contributed by atoms with Gasteiger partial charge in [-0.25, -0.2) is 4.98 Å². The third-order valence-electron chi connectivity index (χ3n) is 6.54. The number of rotatable bonds is 5. The van der Waals surface area contributed by atoms with Crippen molar-refractivity contribution in [2.45, 2.75) is 50.9 Å². The van der Waals surface area contributed by atoms with Gasteiger partial charge in [0.15, 0.2) is 0 Å². The molecule has 3 aliphatic carbocycles. The Labute approximate surface area is 165 Å². The molecule has 0 spiro atoms. The lowest BCUT2D eigenvalue weighted by atomic mass is 9.34. The maximum Gasteiger partial charge on any atom is 0.389 e. The Morgan fingerprint density at radius 2 is 2.10 bits per heavy atom. The van der Waals surface area contributed by atoms with Gasteiger partial charge in [-0.15, -0.1) is 0 Å². The van der Waals surface area contributed by atoms with E-state index in [0.717, 1.165) is 23.4 Å². The maximum absolute atomic E-state index is 12.8. The zero-order valence-corrected chi connectivity index (χ0v) is 15.9. The molecule has 154 valence electrons. The summed E-state index contributed by atoms with van der Waals surface area (Å²) in [6.07, 6.45) is -1.51. The largest absolute Gasteiger partial charge is 0.481 e. The van der Waals surface area contributed by atoms with Gasteiger partial charge >= 0.3 is 6.18 Å². The summed E-state index contributed by atoms with van der Waals surface area (Å²) >= 11 is 0. The normalized spacial score (nSPS) is 29.6. The molecule has 1 aliphatic heterocycles. The molecule has 6 nitrogen and oxygen atoms in total. The molecular weight excluding hydrogens is 385 g/mol. The summed E-state index contributed by atoms with van der Waals surface area (Å²) in [6, 6.07) is 5.42. The number of aromatic nitrogens is 3. The zero-order valence-electron chi connectivity index (χ0n) is 15.9. The topological polar surface area (TPSA) is 69.0 Å². The first kappa shape index (κ1) is 18.4. The number of pyridine rings is 1. The lowest BCUT2D eigenvalue weighted by molar-refractivity contribution is -0.258. The van der Waals surface area contributed by atoms with Crippen LogP contribution in [-0.2, 0) is 11.3 Å². The number of halogens is 3. The summed E-state index contributed by atoms with van der Waals surface area (Å²) in [7, 11) is 1.55. The van der Waals surface area contributed by atoms with Gasteiger partial charge in [0.1, 0.15) is 0 Å². The summed E-state index contributed by atoms with van der Waals surface area (Å²) in [5.41, 5.74) is 1.27. The maximum atomic E-state index is 12.8. The number of carbonyl (C=O) groups excluding carboxylic acids is 1. The summed E-state index contributed by atoms with van der Waals surface area (Å²) in [4.78, 5) is 16.9. The fraction of sp³-hybridized carbons (Fsp3) is 0.550. The monoisotopic (exact) mass is 406 g/mol. The highest BCUT2D eigenvalue weighted by atomic mass is 19.4. The van der Waals surface area contributed by atoms with E-state index in [9.17, 15) is 18.0 Å². The van der Waals surface area contributed by atoms with Gasteiger partial charge in [0.2, 0.25) is 11.8 Å². The fourth-order valence-corrected chi connectivity index (χ4v) is 5.42. The quantitative estimate of drug-likeness (QED) is 0.823. The van der Waals surface area contributed by atoms with Gasteiger partial charge in [-0.1, -0.05) is 0 Å². The Kier molecular flexibility index (Phi) is 3.79. The third-order valence-corrected chi connectivity index (χ3v) is 6.54. The number of nitrogens with one attached hydrogen (secondary N) is 1. The van der Waals surface area contributed by atoms with E-state index in [2.05, 4.69) is 15.4 Å². The number of fused-ring (bicyclic) bond motifs is 1. The van der Waals surface area contributed by atoms with Crippen LogP contribution in [0.5, 0.6) is 5.88 Å². The van der Waals surface area contributed by atoms with Crippen LogP contribution >= 0.6 is 0 Å². The number of hydrogen-bond acceptors (Lipinski definition) is 4. The Balaban J connectivity index is 1.26. The molecule has 0 radical (unpaired) electrons. The van der Waals surface area contributed by atoms with Crippen LogP contribution < -0.4 is 10.1 Å². The number of methoxy groups -OCH3 is 1. The number of nitrogens with zero attached hydrogens (tertiary/aromatic N) is 3. The SMILES string of the molecule is COc1cc(-c2cc3n(n2)CC[C@@H]3NC(=O)C23CC(CC(F)(F)F)(C2)C3)ccn1. The minimum Gasteiger partial charge on any atom is -0.481 e. The molecule has 2 aromatic heterocycles. The van der Waals surface area contributed by atoms with Crippen molar-refractivity contribution in [3.05, 3.63) is 30.1 Å². The molecule has 2 aromatic rings. The molecule has 3 fully saturated rings. The number of alkyl halides is 3. The van der Waals surface area contributed by atoms with Gasteiger partial charge < -0.3 is 10.1 Å². The third kappa shape index (κ3) is 2.98. The predicted octanol–water partition coefficient (Wildman–Crippen LogP) is 3.64. The molecule has 4 aliphatic rings. The summed E-state index contributed by atoms with van der Waals surface area (Å²) in [5, 5.41) is 7.67. The zero-order chi connectivity index (χ0) is 20.4. The van der Waals surface area contributed by atoms with Gasteiger partial charge in [0.05, 0.1) is 30.0 Å². The average Bonchev–Trinajstić information content (AvgIpc) is 3.18. The summed E-state index contributed by atoms with van der Waals surface area (Å²) in [5.74, 6) is 0.380. The molecular formula is C20H21F3N4O2. The fourth-order valence-electron chi connectivity index (χ4n) is 5.42. The van der Waals surface area contributed by atoms with Gasteiger partial charge in [-0.3, -0.25) is 9.48 Å². The van der Waals surface area contributed by atoms with Gasteiger partial charge in [0, 0.05) is 30.8 Å². The molecule has 0 saturated heterocycles. The molecule has 1 N–H and O–H groups in total. The first-order valence-electron chi connectivity index (χ1n) is 9.67. The van der Waals surface area contributed by atoms with Crippen molar-refractivity contribution in [3.8, 4) is 17.1 Å². The van der Waals surface area contributed by atoms with Crippen LogP contribution in [0.4, 0.5) is 13.2 Å². The average molecular weight is 406 g/mol. The molecule has 29 heavy (non-hydrogen) atoms. The van der Waals surface area contributed by atoms with E-state index >= 15 is 0 Å². The minimum absolute atomic E-state index is 0.117. The van der Waals surface area contributed by atoms with E-state index in [1.807, 2.05) is 16.8 Å². The Morgan fingerprint density at radius 3 is 2.79 bits per heavy atom. The highest BCUT2D eigenvalue weighted by Crippen LogP contribution is 2.76. The number of hydrogen-bond donors (Lipinski definition) is 1. The molecule has 3 saturated carbocycles. The van der Waals surface area contributed by atoms with Crippen molar-refractivity contribution in [1.82, 2.24) is 20.1 Å². The van der Waals surface area contributed by atoms with E-state index in [1.165, 1.54) is 0 Å². The molecule has 9 heteroatoms. The molecule has 1 amide bonds. The van der Waals surface area contributed by atoms with Crippen molar-refractivity contribution >= 4 is 5.91 Å². The number of amides is 1. The first-order chi connectivity index (χ1) is 13.7. The van der Waals surface area contributed by atoms with Gasteiger partial charge in [-0.05, 0) is 43.2 Å². The van der Waals surface area contributed by atoms with Crippen LogP contribution in [0.15, 0.2) is 24.4 Å². The lowest BCUT2D eigenvalue weighted by Gasteiger charge is -2.69. The Morgan fingerprint density at radius 1 is 1.34 bits per heavy atom. The van der Waals surface area contributed by atoms with E-state index in [4.69, 9.17) is 4.74 Å². The Bertz CT molecular complexity index is 965. The Hall–Kier alpha value is -2.58. The molecule has 0 aromatic carbocycles. The predicted molar refractivity (Wildman–Crippen MR) is 96.9 cm³/mol. The lowest BCUT2D eigenvalue weighted by Crippen LogP contribution is -2.68. The van der Waals surface area contributed by atoms with Crippen LogP contribution in [0.25, 0.3) is 11.3 Å². The number of ether oxygens (including phenoxy) is 1. The van der Waals surface area contributed by atoms with Crippen LogP contribution in [0.3, 0.4) is 0 Å². The highest BCUT2D eigenvalue weighted by molar-refractivity contribution is 5.86. The van der Waals surface area contributed by atoms with Crippen LogP contribution in [-0.4, -0.2) is 34.0 Å². The second kappa shape index (κ2) is 5.96. The molecule has 6 rings (SSSR count). The van der Waals surface area contributed by atoms with Crippen molar-refractivity contribution < 1.29 is 22.7 Å². The van der Waals surface area contributed by atoms with Crippen LogP contribution in [0.1, 0.15) is 43.8 Å². The standard InChI is InChI=1S/C20H21F3N4O2/c1-29-16-6-12(2-4-24-16)14-7-15-13(3-5-27(15)26-14)25-17(28)19-8-18(9-19,10-19)11-20(21,22)23/h2,4,6-7,13H,3,5,8-11H2,1H3,(H,25,28)/t13-,18?,19?/m0/s1. The van der Waals surface area contributed by atoms with E-state index in [1.54, 1.807) is 19.4 Å². The summed E-state index contributed by atoms with van der Waals surface area (Å²) in [6.45, 7) is 0.688. The second-order valence-electron chi connectivity index (χ2n) is 8.68. The van der Waals surface area contributed by atoms with E-state index < -0.39 is 23.4 Å². The molecule has 2 bridgehead atoms. The number of aryl methyl sites for hydroxylation is 1. The molecule has 0 unspecified atom stereocenters. The number of carbonyl (C=O) groups is 1. The van der Waals surface area contributed by atoms with Crippen molar-refractivity contribution in [1.29, 1.82) is 0 Å². The smallest absolute Gasteiger partial charge is 0.389 e. The minimum atomic E-state index is -4.16. The van der Waals surface area contributed by atoms with Crippen molar-refractivity contribution in [2.75, 3.05) is 7.11 Å². The molecule has 1 atom stereocenters. The van der Waals surface area contributed by atoms with Crippen molar-refractivity contribution in [2.24, 2.45) is 10.8 Å². The highest BCUT2D eigenvalue weighted by Gasteiger charge is 2.73. The second-order valence-corrected chi connectivity index (χ2v) is 8.68. The molecule has 3 heterocycles. The summed E-state index contributed by atoms with van der Waals surface area (Å²) < 4.78 is 45.1. The van der Waals surface area contributed by atoms with Crippen LogP contribution in [0.2, 0.25) is 0 Å². The first-order valence-corrected chi connectivity index (χ1v) is 9.67. The van der Waals surface area contributed by atoms with E-state index in [0.29, 0.717) is 31.7 Å². The van der Waals surface area contributed by atoms with E-state index in [-0.39, 0.29) is 11.9 Å². The van der Waals surface area contributed by atoms with Crippen molar-refractivity contribution in [3.63, 3.8) is 0 Å². The van der Waals surface area contributed by atoms with Gasteiger partial charge in [0.25, 0.3) is 0 Å².